The molecule has 0 atom stereocenters. The normalized spacial score (nSPS) is 11.7. The Bertz CT molecular complexity index is 344. The van der Waals surface area contributed by atoms with Crippen molar-refractivity contribution in [1.29, 1.82) is 0 Å². The van der Waals surface area contributed by atoms with Gasteiger partial charge in [0.15, 0.2) is 0 Å². The molecule has 0 aromatic rings. The lowest BCUT2D eigenvalue weighted by Crippen LogP contribution is -2.41. The summed E-state index contributed by atoms with van der Waals surface area (Å²) in [5.74, 6) is 0. The Morgan fingerprint density at radius 1 is 0.581 bits per heavy atom. The topological polar surface area (TPSA) is 66.5 Å². The Balaban J connectivity index is 0. The molecule has 4 heteroatoms. The van der Waals surface area contributed by atoms with E-state index in [0.717, 1.165) is 12.8 Å². The van der Waals surface area contributed by atoms with Gasteiger partial charge < -0.3 is 15.9 Å². The van der Waals surface area contributed by atoms with Crippen LogP contribution in [0.4, 0.5) is 0 Å². The average molecular weight is 462 g/mol. The summed E-state index contributed by atoms with van der Waals surface area (Å²) in [7, 11) is 0. The fraction of sp³-hybridized carbons (Fsp3) is 0.926. The molecule has 0 amide bonds. The minimum atomic E-state index is -0.368. The first kappa shape index (κ1) is 33.1. The zero-order valence-electron chi connectivity index (χ0n) is 21.1. The van der Waals surface area contributed by atoms with E-state index >= 15 is 0 Å². The van der Waals surface area contributed by atoms with Gasteiger partial charge in [0.2, 0.25) is 0 Å². The van der Waals surface area contributed by atoms with Gasteiger partial charge in [0, 0.05) is 25.1 Å². The summed E-state index contributed by atoms with van der Waals surface area (Å²) in [6, 6.07) is 0. The molecule has 0 rings (SSSR count). The maximum absolute atomic E-state index is 9.12. The molecule has 0 aromatic carbocycles. The van der Waals surface area contributed by atoms with Crippen LogP contribution in [0, 0.1) is 0 Å². The molecule has 3 nitrogen and oxygen atoms in total. The summed E-state index contributed by atoms with van der Waals surface area (Å²) >= 11 is 4.64. The van der Waals surface area contributed by atoms with Crippen molar-refractivity contribution < 1.29 is 10.2 Å². The molecule has 0 aliphatic rings. The first-order chi connectivity index (χ1) is 15.2. The minimum Gasteiger partial charge on any atom is -0.396 e. The van der Waals surface area contributed by atoms with Crippen LogP contribution in [0.25, 0.3) is 0 Å². The van der Waals surface area contributed by atoms with Gasteiger partial charge in [-0.3, -0.25) is 0 Å². The van der Waals surface area contributed by atoms with E-state index in [1.165, 1.54) is 109 Å². The van der Waals surface area contributed by atoms with E-state index in [0.29, 0.717) is 12.8 Å². The van der Waals surface area contributed by atoms with Gasteiger partial charge in [-0.1, -0.05) is 103 Å². The third kappa shape index (κ3) is 26.0. The number of halogens is 1. The summed E-state index contributed by atoms with van der Waals surface area (Å²) in [4.78, 5) is 0. The number of rotatable bonds is 23. The van der Waals surface area contributed by atoms with Crippen molar-refractivity contribution in [3.63, 3.8) is 0 Å². The summed E-state index contributed by atoms with van der Waals surface area (Å²) in [5.41, 5.74) is 5.90. The van der Waals surface area contributed by atoms with Gasteiger partial charge in [-0.25, -0.2) is 0 Å². The van der Waals surface area contributed by atoms with Gasteiger partial charge in [-0.2, -0.15) is 0 Å². The molecule has 0 radical (unpaired) electrons. The fourth-order valence-electron chi connectivity index (χ4n) is 4.08. The Kier molecular flexibility index (Phi) is 29.8. The monoisotopic (exact) mass is 461 g/mol. The van der Waals surface area contributed by atoms with Gasteiger partial charge in [0.05, 0.1) is 0 Å². The summed E-state index contributed by atoms with van der Waals surface area (Å²) in [6.07, 6.45) is 31.1. The van der Waals surface area contributed by atoms with Gasteiger partial charge in [0.1, 0.15) is 0 Å². The highest BCUT2D eigenvalue weighted by Crippen LogP contribution is 2.21. The number of aliphatic hydroxyl groups excluding tert-OH is 2. The minimum absolute atomic E-state index is 0.116. The maximum Gasteiger partial charge on any atom is 0.0448 e. The van der Waals surface area contributed by atoms with Crippen molar-refractivity contribution >= 4 is 11.6 Å². The predicted octanol–water partition coefficient (Wildman–Crippen LogP) is 7.90. The Morgan fingerprint density at radius 2 is 0.935 bits per heavy atom. The second-order valence-corrected chi connectivity index (χ2v) is 9.06. The van der Waals surface area contributed by atoms with E-state index in [4.69, 9.17) is 15.9 Å². The molecule has 0 spiro atoms. The van der Waals surface area contributed by atoms with Crippen LogP contribution in [-0.4, -0.2) is 35.3 Å². The molecular weight excluding hydrogens is 406 g/mol. The van der Waals surface area contributed by atoms with Crippen LogP contribution < -0.4 is 5.73 Å². The number of hydrogen-bond donors (Lipinski definition) is 3. The highest BCUT2D eigenvalue weighted by Gasteiger charge is 2.22. The lowest BCUT2D eigenvalue weighted by atomic mass is 9.87. The second-order valence-electron chi connectivity index (χ2n) is 9.06. The van der Waals surface area contributed by atoms with Gasteiger partial charge in [-0.15, -0.1) is 11.6 Å². The van der Waals surface area contributed by atoms with Crippen LogP contribution in [0.3, 0.4) is 0 Å². The fourth-order valence-corrected chi connectivity index (χ4v) is 4.08. The van der Waals surface area contributed by atoms with Crippen molar-refractivity contribution in [3.05, 3.63) is 12.2 Å². The molecule has 0 saturated carbocycles. The van der Waals surface area contributed by atoms with Crippen LogP contribution >= 0.6 is 11.6 Å². The van der Waals surface area contributed by atoms with Gasteiger partial charge in [-0.05, 0) is 44.9 Å². The Hall–Kier alpha value is -0.0900. The zero-order valence-corrected chi connectivity index (χ0v) is 21.8. The third-order valence-corrected chi connectivity index (χ3v) is 6.16. The van der Waals surface area contributed by atoms with Crippen molar-refractivity contribution in [3.8, 4) is 0 Å². The zero-order chi connectivity index (χ0) is 23.5. The SMILES string of the molecule is CCCCCCCCC=CCCCCCCCCCCCC(N)(CCO)CCO.CCl. The molecule has 0 heterocycles. The highest BCUT2D eigenvalue weighted by molar-refractivity contribution is 6.15. The number of unbranched alkanes of at least 4 members (excludes halogenated alkanes) is 15. The standard InChI is InChI=1S/C26H53NO2.CH3Cl/c1-2-3-4-5-6-7-8-9-10-11-12-13-14-15-16-17-18-19-20-21-26(27,22-24-28)23-25-29;1-2/h9-10,28-29H,2-8,11-25,27H2,1H3;1H3. The largest absolute Gasteiger partial charge is 0.396 e. The molecule has 4 N–H and O–H groups in total. The smallest absolute Gasteiger partial charge is 0.0448 e. The lowest BCUT2D eigenvalue weighted by molar-refractivity contribution is 0.183. The van der Waals surface area contributed by atoms with Crippen LogP contribution in [-0.2, 0) is 0 Å². The van der Waals surface area contributed by atoms with E-state index in [1.807, 2.05) is 0 Å². The van der Waals surface area contributed by atoms with Crippen molar-refractivity contribution in [1.82, 2.24) is 0 Å². The van der Waals surface area contributed by atoms with Crippen LogP contribution in [0.2, 0.25) is 0 Å². The van der Waals surface area contributed by atoms with E-state index in [9.17, 15) is 0 Å². The van der Waals surface area contributed by atoms with E-state index in [2.05, 4.69) is 30.7 Å². The molecule has 0 bridgehead atoms. The average Bonchev–Trinajstić information content (AvgIpc) is 2.77. The first-order valence-corrected chi connectivity index (χ1v) is 14.0. The van der Waals surface area contributed by atoms with Crippen molar-refractivity contribution in [2.75, 3.05) is 19.6 Å². The maximum atomic E-state index is 9.12. The summed E-state index contributed by atoms with van der Waals surface area (Å²) in [5, 5.41) is 18.2. The molecule has 0 aliphatic carbocycles. The highest BCUT2D eigenvalue weighted by atomic mass is 35.5. The van der Waals surface area contributed by atoms with Gasteiger partial charge >= 0.3 is 0 Å². The van der Waals surface area contributed by atoms with Crippen LogP contribution in [0.5, 0.6) is 0 Å². The number of hydrogen-bond acceptors (Lipinski definition) is 3. The number of alkyl halides is 1. The van der Waals surface area contributed by atoms with Crippen LogP contribution in [0.1, 0.15) is 135 Å². The quantitative estimate of drug-likeness (QED) is 0.0822. The molecule has 0 saturated heterocycles. The molecule has 0 aromatic heterocycles. The molecule has 0 fully saturated rings. The summed E-state index contributed by atoms with van der Waals surface area (Å²) < 4.78 is 0. The number of nitrogens with two attached hydrogens (primary N) is 1. The predicted molar refractivity (Wildman–Crippen MR) is 140 cm³/mol. The Labute approximate surface area is 200 Å². The van der Waals surface area contributed by atoms with Crippen molar-refractivity contribution in [2.45, 2.75) is 141 Å². The molecule has 0 aliphatic heterocycles. The molecule has 31 heavy (non-hydrogen) atoms. The lowest BCUT2D eigenvalue weighted by Gasteiger charge is -2.28. The first-order valence-electron chi connectivity index (χ1n) is 13.2. The van der Waals surface area contributed by atoms with Crippen molar-refractivity contribution in [2.24, 2.45) is 5.73 Å². The third-order valence-electron chi connectivity index (χ3n) is 6.16. The summed E-state index contributed by atoms with van der Waals surface area (Å²) in [6.45, 7) is 2.51. The van der Waals surface area contributed by atoms with Crippen LogP contribution in [0.15, 0.2) is 12.2 Å². The van der Waals surface area contributed by atoms with E-state index in [1.54, 1.807) is 0 Å². The van der Waals surface area contributed by atoms with E-state index < -0.39 is 0 Å². The molecular formula is C27H56ClNO2. The van der Waals surface area contributed by atoms with E-state index in [-0.39, 0.29) is 18.8 Å². The van der Waals surface area contributed by atoms with Gasteiger partial charge in [0.25, 0.3) is 0 Å². The molecule has 0 unspecified atom stereocenters. The number of allylic oxidation sites excluding steroid dienone is 2. The Morgan fingerprint density at radius 3 is 1.32 bits per heavy atom. The second kappa shape index (κ2) is 27.9. The number of aliphatic hydroxyl groups is 2. The molecule has 188 valence electrons.